The Morgan fingerprint density at radius 1 is 1.46 bits per heavy atom. The Morgan fingerprint density at radius 2 is 2.32 bits per heavy atom. The number of aromatic nitrogens is 1. The molecular weight excluding hydrogens is 358 g/mol. The first kappa shape index (κ1) is 19.8. The van der Waals surface area contributed by atoms with E-state index < -0.39 is 6.10 Å². The van der Waals surface area contributed by atoms with Gasteiger partial charge in [-0.05, 0) is 62.6 Å². The molecule has 1 aliphatic heterocycles. The van der Waals surface area contributed by atoms with Crippen LogP contribution in [0.1, 0.15) is 30.9 Å². The number of carbonyl (C=O) groups excluding carboxylic acids is 1. The first-order valence-electron chi connectivity index (χ1n) is 9.24. The van der Waals surface area contributed by atoms with Crippen molar-refractivity contribution in [1.82, 2.24) is 4.98 Å². The largest absolute Gasteiger partial charge is 0.438 e. The van der Waals surface area contributed by atoms with E-state index in [1.165, 1.54) is 0 Å². The summed E-state index contributed by atoms with van der Waals surface area (Å²) in [6, 6.07) is 10.6. The van der Waals surface area contributed by atoms with Crippen LogP contribution >= 0.6 is 0 Å². The van der Waals surface area contributed by atoms with E-state index in [2.05, 4.69) is 10.3 Å². The summed E-state index contributed by atoms with van der Waals surface area (Å²) in [6.45, 7) is 4.77. The van der Waals surface area contributed by atoms with Crippen LogP contribution in [0.25, 0.3) is 0 Å². The molecule has 3 rings (SSSR count). The van der Waals surface area contributed by atoms with Gasteiger partial charge in [0.05, 0.1) is 12.7 Å². The summed E-state index contributed by atoms with van der Waals surface area (Å²) in [7, 11) is 0. The molecule has 0 radical (unpaired) electrons. The molecule has 0 aliphatic carbocycles. The second-order valence-corrected chi connectivity index (χ2v) is 6.65. The Balaban J connectivity index is 1.59. The lowest BCUT2D eigenvalue weighted by Gasteiger charge is -2.17. The molecule has 2 aromatic rings. The molecule has 1 aromatic heterocycles. The molecule has 1 aliphatic rings. The monoisotopic (exact) mass is 381 g/mol. The number of anilines is 1. The van der Waals surface area contributed by atoms with Gasteiger partial charge in [-0.3, -0.25) is 4.79 Å². The van der Waals surface area contributed by atoms with Gasteiger partial charge >= 0.3 is 0 Å². The molecule has 28 heavy (non-hydrogen) atoms. The van der Waals surface area contributed by atoms with Gasteiger partial charge in [0.2, 0.25) is 5.88 Å². The van der Waals surface area contributed by atoms with E-state index in [0.29, 0.717) is 23.6 Å². The van der Waals surface area contributed by atoms with Gasteiger partial charge in [-0.15, -0.1) is 0 Å². The lowest BCUT2D eigenvalue weighted by atomic mass is 10.2. The zero-order valence-electron chi connectivity index (χ0n) is 16.0. The second kappa shape index (κ2) is 9.31. The smallest absolute Gasteiger partial charge is 0.253 e. The number of amides is 1. The van der Waals surface area contributed by atoms with E-state index in [0.717, 1.165) is 25.0 Å². The van der Waals surface area contributed by atoms with Crippen LogP contribution in [0.2, 0.25) is 0 Å². The number of nitriles is 1. The third-order valence-corrected chi connectivity index (χ3v) is 4.49. The quantitative estimate of drug-likeness (QED) is 0.788. The maximum atomic E-state index is 12.4. The summed E-state index contributed by atoms with van der Waals surface area (Å²) >= 11 is 0. The molecule has 1 N–H and O–H groups in total. The Hall–Kier alpha value is -2.95. The third kappa shape index (κ3) is 5.06. The van der Waals surface area contributed by atoms with Gasteiger partial charge in [0.25, 0.3) is 5.91 Å². The van der Waals surface area contributed by atoms with Crippen molar-refractivity contribution in [3.8, 4) is 17.7 Å². The zero-order chi connectivity index (χ0) is 19.9. The normalized spacial score (nSPS) is 17.0. The Morgan fingerprint density at radius 3 is 3.04 bits per heavy atom. The van der Waals surface area contributed by atoms with Crippen molar-refractivity contribution >= 4 is 11.6 Å². The van der Waals surface area contributed by atoms with E-state index in [-0.39, 0.29) is 17.9 Å². The molecule has 2 atom stereocenters. The van der Waals surface area contributed by atoms with Gasteiger partial charge in [-0.1, -0.05) is 0 Å². The fourth-order valence-corrected chi connectivity index (χ4v) is 2.85. The van der Waals surface area contributed by atoms with E-state index in [4.69, 9.17) is 19.5 Å². The van der Waals surface area contributed by atoms with Gasteiger partial charge in [-0.2, -0.15) is 5.26 Å². The average molecular weight is 381 g/mol. The summed E-state index contributed by atoms with van der Waals surface area (Å²) in [5.74, 6) is 0.567. The van der Waals surface area contributed by atoms with Crippen molar-refractivity contribution in [3.63, 3.8) is 0 Å². The molecule has 1 fully saturated rings. The molecule has 1 amide bonds. The highest BCUT2D eigenvalue weighted by atomic mass is 16.5. The van der Waals surface area contributed by atoms with Crippen molar-refractivity contribution in [2.75, 3.05) is 18.5 Å². The molecule has 146 valence electrons. The minimum Gasteiger partial charge on any atom is -0.438 e. The summed E-state index contributed by atoms with van der Waals surface area (Å²) in [5, 5.41) is 12.0. The lowest BCUT2D eigenvalue weighted by Crippen LogP contribution is -2.30. The molecule has 7 nitrogen and oxygen atoms in total. The Bertz CT molecular complexity index is 872. The van der Waals surface area contributed by atoms with Crippen molar-refractivity contribution in [1.29, 1.82) is 5.26 Å². The maximum absolute atomic E-state index is 12.4. The van der Waals surface area contributed by atoms with E-state index in [1.807, 2.05) is 13.0 Å². The van der Waals surface area contributed by atoms with E-state index >= 15 is 0 Å². The van der Waals surface area contributed by atoms with Crippen LogP contribution in [0.15, 0.2) is 36.5 Å². The summed E-state index contributed by atoms with van der Waals surface area (Å²) in [5.41, 5.74) is 1.85. The number of rotatable bonds is 7. The highest BCUT2D eigenvalue weighted by Crippen LogP contribution is 2.27. The minimum atomic E-state index is -0.578. The fraction of sp³-hybridized carbons (Fsp3) is 0.381. The Labute approximate surface area is 164 Å². The van der Waals surface area contributed by atoms with Crippen molar-refractivity contribution in [2.24, 2.45) is 0 Å². The number of hydrogen-bond acceptors (Lipinski definition) is 6. The number of carbonyl (C=O) groups is 1. The van der Waals surface area contributed by atoms with E-state index in [1.54, 1.807) is 43.5 Å². The minimum absolute atomic E-state index is 0.0818. The number of ether oxygens (including phenoxy) is 3. The molecule has 0 bridgehead atoms. The topological polar surface area (TPSA) is 93.5 Å². The zero-order valence-corrected chi connectivity index (χ0v) is 16.0. The first-order valence-corrected chi connectivity index (χ1v) is 9.24. The van der Waals surface area contributed by atoms with Crippen molar-refractivity contribution in [2.45, 2.75) is 38.9 Å². The van der Waals surface area contributed by atoms with Gasteiger partial charge in [-0.25, -0.2) is 4.98 Å². The number of aryl methyl sites for hydroxylation is 1. The molecule has 1 saturated heterocycles. The summed E-state index contributed by atoms with van der Waals surface area (Å²) in [6.07, 6.45) is 3.08. The van der Waals surface area contributed by atoms with Gasteiger partial charge in [0.15, 0.2) is 0 Å². The molecule has 0 spiro atoms. The molecular formula is C21H23N3O4. The Kier molecular flexibility index (Phi) is 6.58. The third-order valence-electron chi connectivity index (χ3n) is 4.49. The average Bonchev–Trinajstić information content (AvgIpc) is 3.22. The summed E-state index contributed by atoms with van der Waals surface area (Å²) < 4.78 is 16.8. The lowest BCUT2D eigenvalue weighted by molar-refractivity contribution is -0.128. The molecule has 0 saturated carbocycles. The van der Waals surface area contributed by atoms with Crippen LogP contribution in [0, 0.1) is 18.3 Å². The van der Waals surface area contributed by atoms with Crippen LogP contribution in [-0.2, 0) is 14.3 Å². The van der Waals surface area contributed by atoms with Gasteiger partial charge in [0, 0.05) is 18.5 Å². The molecule has 1 aromatic carbocycles. The van der Waals surface area contributed by atoms with Crippen LogP contribution in [-0.4, -0.2) is 36.3 Å². The van der Waals surface area contributed by atoms with Crippen LogP contribution in [0.5, 0.6) is 11.6 Å². The number of nitrogens with one attached hydrogen (secondary N) is 1. The fourth-order valence-electron chi connectivity index (χ4n) is 2.85. The van der Waals surface area contributed by atoms with Gasteiger partial charge in [0.1, 0.15) is 23.5 Å². The van der Waals surface area contributed by atoms with Gasteiger partial charge < -0.3 is 19.5 Å². The highest BCUT2D eigenvalue weighted by molar-refractivity contribution is 5.94. The van der Waals surface area contributed by atoms with Crippen molar-refractivity contribution in [3.05, 3.63) is 47.7 Å². The number of pyridine rings is 1. The first-order chi connectivity index (χ1) is 13.6. The molecule has 0 unspecified atom stereocenters. The predicted molar refractivity (Wildman–Crippen MR) is 103 cm³/mol. The van der Waals surface area contributed by atoms with Crippen LogP contribution in [0.4, 0.5) is 5.69 Å². The number of nitrogens with zero attached hydrogens (tertiary/aromatic N) is 2. The predicted octanol–water partition coefficient (Wildman–Crippen LogP) is 3.58. The van der Waals surface area contributed by atoms with Crippen LogP contribution < -0.4 is 10.1 Å². The molecule has 7 heteroatoms. The number of benzene rings is 1. The van der Waals surface area contributed by atoms with Crippen LogP contribution in [0.3, 0.4) is 0 Å². The maximum Gasteiger partial charge on any atom is 0.253 e. The standard InChI is InChI=1S/C21H23N3O4/c1-14-11-17(28-21-16(12-22)5-3-9-23-21)7-8-19(14)24-20(25)15(2)27-13-18-6-4-10-26-18/h3,5,7-9,11,15,18H,4,6,10,13H2,1-2H3,(H,24,25)/t15-,18+/m0/s1. The second-order valence-electron chi connectivity index (χ2n) is 6.65. The summed E-state index contributed by atoms with van der Waals surface area (Å²) in [4.78, 5) is 16.5. The molecule has 2 heterocycles. The van der Waals surface area contributed by atoms with E-state index in [9.17, 15) is 4.79 Å². The SMILES string of the molecule is Cc1cc(Oc2ncccc2C#N)ccc1NC(=O)[C@H](C)OC[C@H]1CCCO1. The number of hydrogen-bond donors (Lipinski definition) is 1. The highest BCUT2D eigenvalue weighted by Gasteiger charge is 2.20. The van der Waals surface area contributed by atoms with Crippen molar-refractivity contribution < 1.29 is 19.0 Å².